The van der Waals surface area contributed by atoms with Crippen molar-refractivity contribution in [3.8, 4) is 0 Å². The molecule has 1 unspecified atom stereocenters. The highest BCUT2D eigenvalue weighted by Gasteiger charge is 2.13. The van der Waals surface area contributed by atoms with Gasteiger partial charge in [0.15, 0.2) is 0 Å². The van der Waals surface area contributed by atoms with E-state index in [1.54, 1.807) is 0 Å². The molecule has 0 saturated heterocycles. The van der Waals surface area contributed by atoms with E-state index in [1.165, 1.54) is 193 Å². The average Bonchev–Trinajstić information content (AvgIpc) is 3.11. The number of nitrogens with one attached hydrogen (secondary N) is 1. The third kappa shape index (κ3) is 41.5. The molecule has 1 N–H and O–H groups in total. The van der Waals surface area contributed by atoms with Gasteiger partial charge in [0, 0.05) is 19.8 Å². The summed E-state index contributed by atoms with van der Waals surface area (Å²) in [7, 11) is 0. The first kappa shape index (κ1) is 48.2. The largest absolute Gasteiger partial charge is 0.447 e. The molecular formula is C44H89NO4. The summed E-state index contributed by atoms with van der Waals surface area (Å²) in [6, 6.07) is 0. The van der Waals surface area contributed by atoms with Crippen molar-refractivity contribution in [2.45, 2.75) is 245 Å². The van der Waals surface area contributed by atoms with Gasteiger partial charge in [-0.15, -0.1) is 0 Å². The van der Waals surface area contributed by atoms with E-state index in [1.807, 2.05) is 0 Å². The normalized spacial score (nSPS) is 12.1. The minimum Gasteiger partial charge on any atom is -0.447 e. The molecule has 0 aromatic heterocycles. The molecule has 0 radical (unpaired) electrons. The second-order valence-corrected chi connectivity index (χ2v) is 15.1. The van der Waals surface area contributed by atoms with E-state index in [4.69, 9.17) is 14.2 Å². The molecule has 0 aromatic carbocycles. The molecule has 0 aliphatic heterocycles. The van der Waals surface area contributed by atoms with E-state index in [2.05, 4.69) is 26.1 Å². The van der Waals surface area contributed by atoms with Crippen molar-refractivity contribution in [1.82, 2.24) is 5.32 Å². The number of amides is 1. The fourth-order valence-electron chi connectivity index (χ4n) is 6.60. The molecule has 0 heterocycles. The van der Waals surface area contributed by atoms with Crippen molar-refractivity contribution in [1.29, 1.82) is 0 Å². The summed E-state index contributed by atoms with van der Waals surface area (Å²) in [5.41, 5.74) is 0. The molecule has 5 nitrogen and oxygen atoms in total. The van der Waals surface area contributed by atoms with Crippen LogP contribution in [0.2, 0.25) is 0 Å². The Hall–Kier alpha value is -0.810. The van der Waals surface area contributed by atoms with Gasteiger partial charge in [-0.25, -0.2) is 4.79 Å². The van der Waals surface area contributed by atoms with Crippen molar-refractivity contribution in [2.24, 2.45) is 0 Å². The predicted octanol–water partition coefficient (Wildman–Crippen LogP) is 14.4. The van der Waals surface area contributed by atoms with Gasteiger partial charge in [0.2, 0.25) is 0 Å². The number of carbonyl (C=O) groups is 1. The van der Waals surface area contributed by atoms with Crippen molar-refractivity contribution < 1.29 is 19.0 Å². The maximum atomic E-state index is 12.1. The van der Waals surface area contributed by atoms with E-state index in [0.29, 0.717) is 19.8 Å². The van der Waals surface area contributed by atoms with E-state index in [9.17, 15) is 4.79 Å². The van der Waals surface area contributed by atoms with Crippen LogP contribution in [0.5, 0.6) is 0 Å². The van der Waals surface area contributed by atoms with E-state index < -0.39 is 0 Å². The van der Waals surface area contributed by atoms with Gasteiger partial charge in [-0.2, -0.15) is 0 Å². The summed E-state index contributed by atoms with van der Waals surface area (Å²) in [4.78, 5) is 12.1. The van der Waals surface area contributed by atoms with Crippen LogP contribution >= 0.6 is 0 Å². The van der Waals surface area contributed by atoms with Crippen LogP contribution < -0.4 is 5.32 Å². The minimum atomic E-state index is -0.345. The third-order valence-corrected chi connectivity index (χ3v) is 10.00. The third-order valence-electron chi connectivity index (χ3n) is 10.00. The summed E-state index contributed by atoms with van der Waals surface area (Å²) >= 11 is 0. The molecule has 0 aliphatic rings. The van der Waals surface area contributed by atoms with E-state index in [-0.39, 0.29) is 18.8 Å². The molecule has 0 rings (SSSR count). The maximum absolute atomic E-state index is 12.1. The smallest absolute Gasteiger partial charge is 0.407 e. The molecular weight excluding hydrogens is 606 g/mol. The van der Waals surface area contributed by atoms with Gasteiger partial charge in [-0.3, -0.25) is 0 Å². The first-order valence-electron chi connectivity index (χ1n) is 22.3. The zero-order valence-electron chi connectivity index (χ0n) is 33.8. The number of unbranched alkanes of at least 4 members (excludes halogenated alkanes) is 31. The fraction of sp³-hybridized carbons (Fsp3) is 0.977. The topological polar surface area (TPSA) is 56.8 Å². The van der Waals surface area contributed by atoms with Crippen LogP contribution in [0, 0.1) is 0 Å². The predicted molar refractivity (Wildman–Crippen MR) is 214 cm³/mol. The SMILES string of the molecule is CCCCCCCCCCCCCCCCCCOCC(COC(=O)NCCCC)OCCCCCCCCCCCCCCCCCC. The lowest BCUT2D eigenvalue weighted by atomic mass is 10.0. The summed E-state index contributed by atoms with van der Waals surface area (Å²) in [5.74, 6) is 0. The van der Waals surface area contributed by atoms with Gasteiger partial charge in [-0.05, 0) is 19.3 Å². The summed E-state index contributed by atoms with van der Waals surface area (Å²) in [6.07, 6.45) is 45.4. The van der Waals surface area contributed by atoms with Crippen molar-refractivity contribution in [3.63, 3.8) is 0 Å². The van der Waals surface area contributed by atoms with Crippen LogP contribution in [0.15, 0.2) is 0 Å². The maximum Gasteiger partial charge on any atom is 0.407 e. The Kier molecular flexibility index (Phi) is 42.6. The van der Waals surface area contributed by atoms with Crippen molar-refractivity contribution in [2.75, 3.05) is 33.0 Å². The number of rotatable bonds is 42. The van der Waals surface area contributed by atoms with Gasteiger partial charge in [-0.1, -0.05) is 220 Å². The van der Waals surface area contributed by atoms with Crippen LogP contribution in [0.4, 0.5) is 4.79 Å². The van der Waals surface area contributed by atoms with Gasteiger partial charge in [0.25, 0.3) is 0 Å². The van der Waals surface area contributed by atoms with Gasteiger partial charge in [0.05, 0.1) is 6.61 Å². The second kappa shape index (κ2) is 43.4. The van der Waals surface area contributed by atoms with Crippen LogP contribution in [0.25, 0.3) is 0 Å². The molecule has 0 bridgehead atoms. The van der Waals surface area contributed by atoms with Gasteiger partial charge >= 0.3 is 6.09 Å². The highest BCUT2D eigenvalue weighted by atomic mass is 16.6. The van der Waals surface area contributed by atoms with Crippen molar-refractivity contribution >= 4 is 6.09 Å². The Morgan fingerprint density at radius 1 is 0.408 bits per heavy atom. The van der Waals surface area contributed by atoms with Gasteiger partial charge < -0.3 is 19.5 Å². The Balaban J connectivity index is 3.80. The van der Waals surface area contributed by atoms with E-state index >= 15 is 0 Å². The van der Waals surface area contributed by atoms with Gasteiger partial charge in [0.1, 0.15) is 12.7 Å². The summed E-state index contributed by atoms with van der Waals surface area (Å²) in [5, 5.41) is 2.83. The quantitative estimate of drug-likeness (QED) is 0.0646. The molecule has 1 atom stereocenters. The van der Waals surface area contributed by atoms with Crippen LogP contribution in [0.3, 0.4) is 0 Å². The molecule has 294 valence electrons. The first-order valence-corrected chi connectivity index (χ1v) is 22.3. The average molecular weight is 696 g/mol. The number of alkyl carbamates (subject to hydrolysis) is 1. The monoisotopic (exact) mass is 696 g/mol. The standard InChI is InChI=1S/C44H89NO4/c1-4-7-10-12-14-16-18-20-22-24-26-28-30-32-34-36-39-47-41-43(42-49-44(46)45-38-9-6-3)48-40-37-35-33-31-29-27-25-23-21-19-17-15-13-11-8-5-2/h43H,4-42H2,1-3H3,(H,45,46). The van der Waals surface area contributed by atoms with Crippen molar-refractivity contribution in [3.05, 3.63) is 0 Å². The zero-order valence-corrected chi connectivity index (χ0v) is 33.8. The van der Waals surface area contributed by atoms with Crippen LogP contribution in [-0.4, -0.2) is 45.2 Å². The van der Waals surface area contributed by atoms with Crippen LogP contribution in [0.1, 0.15) is 239 Å². The lowest BCUT2D eigenvalue weighted by Crippen LogP contribution is -2.32. The molecule has 0 fully saturated rings. The second-order valence-electron chi connectivity index (χ2n) is 15.1. The highest BCUT2D eigenvalue weighted by Crippen LogP contribution is 2.15. The highest BCUT2D eigenvalue weighted by molar-refractivity contribution is 5.67. The molecule has 0 saturated carbocycles. The van der Waals surface area contributed by atoms with Crippen LogP contribution in [-0.2, 0) is 14.2 Å². The molecule has 49 heavy (non-hydrogen) atoms. The summed E-state index contributed by atoms with van der Waals surface area (Å²) < 4.78 is 17.6. The lowest BCUT2D eigenvalue weighted by Gasteiger charge is -2.18. The number of carbonyl (C=O) groups excluding carboxylic acids is 1. The Morgan fingerprint density at radius 3 is 1.10 bits per heavy atom. The number of hydrogen-bond acceptors (Lipinski definition) is 4. The number of hydrogen-bond donors (Lipinski definition) is 1. The fourth-order valence-corrected chi connectivity index (χ4v) is 6.60. The minimum absolute atomic E-state index is 0.186. The molecule has 0 spiro atoms. The molecule has 1 amide bonds. The molecule has 0 aliphatic carbocycles. The first-order chi connectivity index (χ1) is 24.2. The molecule has 0 aromatic rings. The zero-order chi connectivity index (χ0) is 35.6. The number of ether oxygens (including phenoxy) is 3. The Labute approximate surface area is 307 Å². The lowest BCUT2D eigenvalue weighted by molar-refractivity contribution is -0.0468. The van der Waals surface area contributed by atoms with E-state index in [0.717, 1.165) is 32.3 Å². The molecule has 5 heteroatoms. The summed E-state index contributed by atoms with van der Waals surface area (Å²) in [6.45, 7) is 9.60. The Morgan fingerprint density at radius 2 is 0.735 bits per heavy atom. The Bertz CT molecular complexity index is 616.